The van der Waals surface area contributed by atoms with E-state index < -0.39 is 8.68 Å². The van der Waals surface area contributed by atoms with Crippen LogP contribution < -0.4 is 0 Å². The smallest absolute Gasteiger partial charge is 0.276 e. The average molecular weight is 397 g/mol. The molecule has 0 radical (unpaired) electrons. The Morgan fingerprint density at radius 1 is 0.556 bits per heavy atom. The first-order valence-corrected chi connectivity index (χ1v) is 14.1. The van der Waals surface area contributed by atoms with Crippen LogP contribution in [0.4, 0.5) is 0 Å². The molecule has 0 aliphatic rings. The normalized spacial score (nSPS) is 12.5. The molecular weight excluding hydrogens is 344 g/mol. The van der Waals surface area contributed by atoms with E-state index in [4.69, 9.17) is 0 Å². The van der Waals surface area contributed by atoms with Gasteiger partial charge in [0.15, 0.2) is 0 Å². The molecule has 27 heavy (non-hydrogen) atoms. The lowest BCUT2D eigenvalue weighted by molar-refractivity contribution is 0.113. The summed E-state index contributed by atoms with van der Waals surface area (Å²) in [6.07, 6.45) is 21.2. The van der Waals surface area contributed by atoms with Gasteiger partial charge in [0.05, 0.1) is 0 Å². The molecule has 0 amide bonds. The SMILES string of the molecule is CCCCCCCCCCCCCCCCC(C)(C)C(C)(C)C[Si](=O)CC. The molecule has 0 saturated heterocycles. The van der Waals surface area contributed by atoms with E-state index >= 15 is 0 Å². The highest BCUT2D eigenvalue weighted by Gasteiger charge is 2.37. The molecule has 0 fully saturated rings. The van der Waals surface area contributed by atoms with Crippen LogP contribution in [0.1, 0.15) is 138 Å². The number of unbranched alkanes of at least 4 members (excludes halogenated alkanes) is 13. The van der Waals surface area contributed by atoms with E-state index in [0.29, 0.717) is 5.41 Å². The molecule has 0 heterocycles. The van der Waals surface area contributed by atoms with Crippen molar-refractivity contribution in [3.8, 4) is 0 Å². The summed E-state index contributed by atoms with van der Waals surface area (Å²) < 4.78 is 12.1. The van der Waals surface area contributed by atoms with Crippen molar-refractivity contribution in [2.45, 2.75) is 150 Å². The highest BCUT2D eigenvalue weighted by atomic mass is 28.3. The lowest BCUT2D eigenvalue weighted by Crippen LogP contribution is -2.34. The average Bonchev–Trinajstić information content (AvgIpc) is 2.61. The monoisotopic (exact) mass is 396 g/mol. The predicted molar refractivity (Wildman–Crippen MR) is 124 cm³/mol. The van der Waals surface area contributed by atoms with Gasteiger partial charge < -0.3 is 4.46 Å². The fraction of sp³-hybridized carbons (Fsp3) is 1.00. The Labute approximate surface area is 174 Å². The van der Waals surface area contributed by atoms with Crippen molar-refractivity contribution in [1.82, 2.24) is 0 Å². The maximum atomic E-state index is 12.1. The van der Waals surface area contributed by atoms with Gasteiger partial charge in [0, 0.05) is 0 Å². The second-order valence-corrected chi connectivity index (χ2v) is 12.3. The van der Waals surface area contributed by atoms with Gasteiger partial charge in [-0.1, -0.05) is 131 Å². The van der Waals surface area contributed by atoms with Gasteiger partial charge in [0.25, 0.3) is 8.68 Å². The van der Waals surface area contributed by atoms with Gasteiger partial charge >= 0.3 is 0 Å². The molecule has 1 nitrogen and oxygen atoms in total. The molecule has 0 spiro atoms. The van der Waals surface area contributed by atoms with Crippen molar-refractivity contribution in [2.75, 3.05) is 0 Å². The highest BCUT2D eigenvalue weighted by molar-refractivity contribution is 6.42. The molecule has 0 aliphatic carbocycles. The zero-order chi connectivity index (χ0) is 20.6. The fourth-order valence-electron chi connectivity index (χ4n) is 3.96. The molecule has 0 unspecified atom stereocenters. The Bertz CT molecular complexity index is 359. The van der Waals surface area contributed by atoms with Crippen molar-refractivity contribution < 1.29 is 4.46 Å². The van der Waals surface area contributed by atoms with Crippen LogP contribution in [0.2, 0.25) is 12.1 Å². The van der Waals surface area contributed by atoms with Crippen LogP contribution >= 0.6 is 0 Å². The van der Waals surface area contributed by atoms with Crippen LogP contribution in [0.15, 0.2) is 0 Å². The highest BCUT2D eigenvalue weighted by Crippen LogP contribution is 2.45. The maximum Gasteiger partial charge on any atom is 0.276 e. The van der Waals surface area contributed by atoms with Crippen LogP contribution in [0, 0.1) is 10.8 Å². The van der Waals surface area contributed by atoms with E-state index in [1.165, 1.54) is 96.3 Å². The summed E-state index contributed by atoms with van der Waals surface area (Å²) in [6, 6.07) is 1.78. The lowest BCUT2D eigenvalue weighted by atomic mass is 9.66. The van der Waals surface area contributed by atoms with Crippen molar-refractivity contribution >= 4 is 8.68 Å². The third kappa shape index (κ3) is 13.8. The van der Waals surface area contributed by atoms with E-state index in [-0.39, 0.29) is 5.41 Å². The largest absolute Gasteiger partial charge is 0.388 e. The summed E-state index contributed by atoms with van der Waals surface area (Å²) in [5, 5.41) is 0. The van der Waals surface area contributed by atoms with Crippen LogP contribution in [0.5, 0.6) is 0 Å². The minimum absolute atomic E-state index is 0.190. The van der Waals surface area contributed by atoms with E-state index in [0.717, 1.165) is 12.1 Å². The predicted octanol–water partition coefficient (Wildman–Crippen LogP) is 9.35. The van der Waals surface area contributed by atoms with Gasteiger partial charge in [-0.3, -0.25) is 0 Å². The van der Waals surface area contributed by atoms with Gasteiger partial charge in [0.2, 0.25) is 0 Å². The molecule has 0 aromatic heterocycles. The summed E-state index contributed by atoms with van der Waals surface area (Å²) in [7, 11) is -1.38. The summed E-state index contributed by atoms with van der Waals surface area (Å²) in [6.45, 7) is 13.8. The molecule has 0 saturated carbocycles. The van der Waals surface area contributed by atoms with E-state index in [9.17, 15) is 4.46 Å². The molecule has 0 aliphatic heterocycles. The van der Waals surface area contributed by atoms with Crippen LogP contribution in [0.25, 0.3) is 0 Å². The van der Waals surface area contributed by atoms with E-state index in [2.05, 4.69) is 41.5 Å². The first kappa shape index (κ1) is 27.0. The molecule has 0 N–H and O–H groups in total. The number of rotatable bonds is 19. The van der Waals surface area contributed by atoms with Crippen molar-refractivity contribution in [1.29, 1.82) is 0 Å². The molecule has 0 aromatic carbocycles. The molecular formula is C25H52OSi. The first-order chi connectivity index (χ1) is 12.8. The topological polar surface area (TPSA) is 17.1 Å². The maximum absolute atomic E-state index is 12.1. The minimum atomic E-state index is -1.38. The van der Waals surface area contributed by atoms with E-state index in [1.807, 2.05) is 0 Å². The first-order valence-electron chi connectivity index (χ1n) is 12.3. The van der Waals surface area contributed by atoms with Gasteiger partial charge in [-0.05, 0) is 29.3 Å². The van der Waals surface area contributed by atoms with Crippen LogP contribution in [-0.2, 0) is 4.46 Å². The van der Waals surface area contributed by atoms with Crippen molar-refractivity contribution in [3.63, 3.8) is 0 Å². The summed E-state index contributed by atoms with van der Waals surface area (Å²) in [4.78, 5) is 0. The second-order valence-electron chi connectivity index (χ2n) is 10.2. The van der Waals surface area contributed by atoms with Gasteiger partial charge in [0.1, 0.15) is 0 Å². The Balaban J connectivity index is 3.59. The molecule has 162 valence electrons. The Kier molecular flexibility index (Phi) is 15.9. The fourth-order valence-corrected chi connectivity index (χ4v) is 5.67. The van der Waals surface area contributed by atoms with Crippen LogP contribution in [-0.4, -0.2) is 8.68 Å². The van der Waals surface area contributed by atoms with Crippen molar-refractivity contribution in [3.05, 3.63) is 0 Å². The Morgan fingerprint density at radius 2 is 0.926 bits per heavy atom. The Morgan fingerprint density at radius 3 is 1.30 bits per heavy atom. The quantitative estimate of drug-likeness (QED) is 0.157. The number of hydrogen-bond acceptors (Lipinski definition) is 1. The zero-order valence-electron chi connectivity index (χ0n) is 19.9. The van der Waals surface area contributed by atoms with Crippen LogP contribution in [0.3, 0.4) is 0 Å². The van der Waals surface area contributed by atoms with Gasteiger partial charge in [-0.15, -0.1) is 0 Å². The second kappa shape index (κ2) is 15.9. The molecule has 0 rings (SSSR count). The summed E-state index contributed by atoms with van der Waals surface area (Å²) in [5.41, 5.74) is 0.481. The molecule has 0 bridgehead atoms. The lowest BCUT2D eigenvalue weighted by Gasteiger charge is -2.41. The zero-order valence-corrected chi connectivity index (χ0v) is 20.9. The number of hydrogen-bond donors (Lipinski definition) is 0. The van der Waals surface area contributed by atoms with Crippen molar-refractivity contribution in [2.24, 2.45) is 10.8 Å². The van der Waals surface area contributed by atoms with E-state index in [1.54, 1.807) is 0 Å². The van der Waals surface area contributed by atoms with Gasteiger partial charge in [-0.2, -0.15) is 0 Å². The molecule has 0 atom stereocenters. The Hall–Kier alpha value is 0.0169. The van der Waals surface area contributed by atoms with Gasteiger partial charge in [-0.25, -0.2) is 0 Å². The molecule has 2 heteroatoms. The molecule has 0 aromatic rings. The summed E-state index contributed by atoms with van der Waals surface area (Å²) >= 11 is 0. The minimum Gasteiger partial charge on any atom is -0.388 e. The standard InChI is InChI=1S/C25H52OSi/c1-7-9-10-11-12-13-14-15-16-17-18-19-20-21-22-24(3,4)25(5,6)23-27(26)8-2/h7-23H2,1-6H3. The third-order valence-electron chi connectivity index (χ3n) is 7.02. The third-order valence-corrected chi connectivity index (χ3v) is 9.09. The summed E-state index contributed by atoms with van der Waals surface area (Å²) in [5.74, 6) is 0.